The molecule has 0 atom stereocenters. The van der Waals surface area contributed by atoms with E-state index in [-0.39, 0.29) is 43.3 Å². The molecular formula is C96H106N8. The molecular weight excluding hydrogens is 1270 g/mol. The predicted octanol–water partition coefficient (Wildman–Crippen LogP) is 26.1. The van der Waals surface area contributed by atoms with Gasteiger partial charge >= 0.3 is 0 Å². The van der Waals surface area contributed by atoms with Gasteiger partial charge in [-0.15, -0.1) is 0 Å². The van der Waals surface area contributed by atoms with E-state index >= 15 is 0 Å². The fraction of sp³-hybridized carbons (Fsp3) is 0.333. The van der Waals surface area contributed by atoms with Crippen molar-refractivity contribution in [1.82, 2.24) is 39.9 Å². The van der Waals surface area contributed by atoms with Crippen LogP contribution in [-0.2, 0) is 43.3 Å². The van der Waals surface area contributed by atoms with Crippen LogP contribution in [0, 0.1) is 0 Å². The minimum absolute atomic E-state index is 0.115. The Labute approximate surface area is 617 Å². The molecule has 8 nitrogen and oxygen atoms in total. The lowest BCUT2D eigenvalue weighted by atomic mass is 9.78. The van der Waals surface area contributed by atoms with Crippen molar-refractivity contribution >= 4 is 92.2 Å². The monoisotopic (exact) mass is 1370 g/mol. The quantitative estimate of drug-likeness (QED) is 0.137. The number of benzene rings is 4. The molecule has 6 aromatic heterocycles. The van der Waals surface area contributed by atoms with Crippen molar-refractivity contribution in [2.75, 3.05) is 0 Å². The summed E-state index contributed by atoms with van der Waals surface area (Å²) in [5.74, 6) is 0. The molecule has 0 amide bonds. The van der Waals surface area contributed by atoms with E-state index in [0.29, 0.717) is 0 Å². The fourth-order valence-corrected chi connectivity index (χ4v) is 14.5. The van der Waals surface area contributed by atoms with E-state index in [1.54, 1.807) is 0 Å². The van der Waals surface area contributed by atoms with E-state index in [1.165, 1.54) is 44.5 Å². The Bertz CT molecular complexity index is 5470. The Balaban J connectivity index is 1.17. The van der Waals surface area contributed by atoms with Crippen molar-refractivity contribution in [3.63, 3.8) is 0 Å². The number of rotatable bonds is 5. The van der Waals surface area contributed by atoms with Gasteiger partial charge in [0.2, 0.25) is 0 Å². The van der Waals surface area contributed by atoms with Crippen molar-refractivity contribution in [1.29, 1.82) is 0 Å². The van der Waals surface area contributed by atoms with Crippen LogP contribution in [-0.4, -0.2) is 39.9 Å². The lowest BCUT2D eigenvalue weighted by molar-refractivity contribution is 0.568. The number of fused-ring (bicyclic) bond motifs is 16. The predicted molar refractivity (Wildman–Crippen MR) is 447 cm³/mol. The SMILES string of the molecule is CC(C)(C)c1cc(-c2c3nc(cc4ccc([nH]4)c(-c4cc(C(C)(C)C)cc(C(C)(C)C)c4)c4nc(cc5ccc2[nH]5)C(c2c5nc(c(-c6cc(C(C)(C)C)cc(C(C)(C)C)c6)c6ccc(cc7nc(c(-c8cc(C(C)(C)C)cc(C(C)(C)C)c8)c8ccc2[nH]8)C=C7)[nH]6)C=C5)=C4)C=C3)cc(C(C)(C)C)c1. The molecule has 0 spiro atoms. The topological polar surface area (TPSA) is 115 Å². The average molecular weight is 1370 g/mol. The van der Waals surface area contributed by atoms with E-state index in [0.717, 1.165) is 145 Å². The highest BCUT2D eigenvalue weighted by atomic mass is 14.8. The number of nitrogens with zero attached hydrogens (tertiary/aromatic N) is 4. The highest BCUT2D eigenvalue weighted by Gasteiger charge is 2.31. The summed E-state index contributed by atoms with van der Waals surface area (Å²) in [4.78, 5) is 39.2. The van der Waals surface area contributed by atoms with E-state index < -0.39 is 0 Å². The van der Waals surface area contributed by atoms with Crippen molar-refractivity contribution in [3.05, 3.63) is 235 Å². The van der Waals surface area contributed by atoms with E-state index in [4.69, 9.17) is 19.9 Å². The van der Waals surface area contributed by atoms with Crippen LogP contribution >= 0.6 is 0 Å². The molecule has 10 aromatic rings. The molecule has 4 aliphatic rings. The summed E-state index contributed by atoms with van der Waals surface area (Å²) >= 11 is 0. The zero-order valence-electron chi connectivity index (χ0n) is 66.1. The van der Waals surface area contributed by atoms with Gasteiger partial charge in [0.15, 0.2) is 0 Å². The summed E-state index contributed by atoms with van der Waals surface area (Å²) in [7, 11) is 0. The van der Waals surface area contributed by atoms with Crippen LogP contribution in [0.1, 0.15) is 262 Å². The summed E-state index contributed by atoms with van der Waals surface area (Å²) in [6, 6.07) is 53.1. The number of aromatic nitrogens is 8. The molecule has 0 radical (unpaired) electrons. The number of nitrogens with one attached hydrogen (secondary N) is 4. The minimum Gasteiger partial charge on any atom is -0.355 e. The smallest absolute Gasteiger partial charge is 0.0743 e. The summed E-state index contributed by atoms with van der Waals surface area (Å²) in [6.07, 6.45) is 15.5. The van der Waals surface area contributed by atoms with Crippen LogP contribution in [0.25, 0.3) is 137 Å². The maximum Gasteiger partial charge on any atom is 0.0743 e. The van der Waals surface area contributed by atoms with Crippen molar-refractivity contribution in [2.45, 2.75) is 209 Å². The van der Waals surface area contributed by atoms with Gasteiger partial charge in [-0.2, -0.15) is 0 Å². The Morgan fingerprint density at radius 1 is 0.221 bits per heavy atom. The summed E-state index contributed by atoms with van der Waals surface area (Å²) < 4.78 is 0. The molecule has 0 saturated heterocycles. The van der Waals surface area contributed by atoms with Crippen LogP contribution in [0.15, 0.2) is 140 Å². The van der Waals surface area contributed by atoms with Gasteiger partial charge < -0.3 is 19.9 Å². The van der Waals surface area contributed by atoms with Gasteiger partial charge in [-0.3, -0.25) is 0 Å². The summed E-state index contributed by atoms with van der Waals surface area (Å²) in [5, 5.41) is 0. The fourth-order valence-electron chi connectivity index (χ4n) is 14.5. The molecule has 0 unspecified atom stereocenters. The van der Waals surface area contributed by atoms with Crippen LogP contribution in [0.2, 0.25) is 0 Å². The normalized spacial score (nSPS) is 13.9. The first-order chi connectivity index (χ1) is 48.5. The van der Waals surface area contributed by atoms with Gasteiger partial charge in [0.25, 0.3) is 0 Å². The van der Waals surface area contributed by atoms with Gasteiger partial charge in [-0.25, -0.2) is 19.9 Å². The van der Waals surface area contributed by atoms with Crippen molar-refractivity contribution in [2.24, 2.45) is 0 Å². The Hall–Kier alpha value is -9.92. The first kappa shape index (κ1) is 71.1. The maximum absolute atomic E-state index is 6.04. The third-order valence-corrected chi connectivity index (χ3v) is 21.2. The number of hydrogen-bond donors (Lipinski definition) is 4. The van der Waals surface area contributed by atoms with Gasteiger partial charge in [-0.05, 0) is 219 Å². The molecule has 530 valence electrons. The van der Waals surface area contributed by atoms with Crippen molar-refractivity contribution < 1.29 is 0 Å². The summed E-state index contributed by atoms with van der Waals surface area (Å²) in [6.45, 7) is 55.5. The average Bonchev–Trinajstić information content (AvgIpc) is 1.60. The van der Waals surface area contributed by atoms with Gasteiger partial charge in [0.05, 0.1) is 45.6 Å². The Morgan fingerprint density at radius 2 is 0.471 bits per heavy atom. The molecule has 14 rings (SSSR count). The molecule has 0 fully saturated rings. The van der Waals surface area contributed by atoms with Crippen molar-refractivity contribution in [3.8, 4) is 44.5 Å². The van der Waals surface area contributed by atoms with Gasteiger partial charge in [-0.1, -0.05) is 239 Å². The van der Waals surface area contributed by atoms with Gasteiger partial charge in [0.1, 0.15) is 0 Å². The number of aromatic amines is 4. The zero-order valence-corrected chi connectivity index (χ0v) is 66.1. The molecule has 4 aromatic carbocycles. The van der Waals surface area contributed by atoms with Crippen LogP contribution in [0.3, 0.4) is 0 Å². The molecule has 10 heterocycles. The molecule has 16 bridgehead atoms. The largest absolute Gasteiger partial charge is 0.355 e. The Morgan fingerprint density at radius 3 is 0.788 bits per heavy atom. The summed E-state index contributed by atoms with van der Waals surface area (Å²) in [5.41, 5.74) is 33.5. The minimum atomic E-state index is -0.167. The molecule has 0 aliphatic carbocycles. The third-order valence-electron chi connectivity index (χ3n) is 21.2. The standard InChI is InChI=1S/C96H106N8/c1-89(2,3)59-39-55(40-60(47-59)90(4,5)6)84-73-30-25-67(97-73)52-70-28-33-77(100-70)87(58-45-65(95(19,20)21)50-66(46-58)96(22,23)24)83-54-72(82(104-83)53-71-29-34-74(84)101-71)88-80-37-35-78(102-80)85(56-41-61(91(7,8)9)48-62(42-56)92(10,11)12)75-31-26-68(98-75)51-69-27-32-76(99-69)86(79-36-38-81(88)103-79)57-43-63(93(13,14)15)49-64(44-57)94(16,17)18/h25-54,98,100-101,103H,1-24H3. The van der Waals surface area contributed by atoms with Gasteiger partial charge in [0, 0.05) is 77.5 Å². The van der Waals surface area contributed by atoms with E-state index in [9.17, 15) is 0 Å². The van der Waals surface area contributed by atoms with Crippen LogP contribution in [0.5, 0.6) is 0 Å². The van der Waals surface area contributed by atoms with E-state index in [1.807, 2.05) is 0 Å². The third kappa shape index (κ3) is 14.1. The zero-order chi connectivity index (χ0) is 74.5. The second-order valence-corrected chi connectivity index (χ2v) is 37.9. The highest BCUT2D eigenvalue weighted by molar-refractivity contribution is 6.06. The molecule has 104 heavy (non-hydrogen) atoms. The van der Waals surface area contributed by atoms with Crippen LogP contribution in [0.4, 0.5) is 0 Å². The van der Waals surface area contributed by atoms with E-state index in [2.05, 4.69) is 368 Å². The lowest BCUT2D eigenvalue weighted by Crippen LogP contribution is -2.16. The molecule has 4 N–H and O–H groups in total. The lowest BCUT2D eigenvalue weighted by Gasteiger charge is -2.26. The number of H-pyrrole nitrogens is 4. The first-order valence-electron chi connectivity index (χ1n) is 37.4. The first-order valence-corrected chi connectivity index (χ1v) is 37.4. The van der Waals surface area contributed by atoms with Crippen LogP contribution < -0.4 is 0 Å². The molecule has 8 heteroatoms. The second kappa shape index (κ2) is 24.9. The number of hydrogen-bond acceptors (Lipinski definition) is 4. The molecule has 4 aliphatic heterocycles. The maximum atomic E-state index is 6.04. The highest BCUT2D eigenvalue weighted by Crippen LogP contribution is 2.46. The molecule has 0 saturated carbocycles. The Kier molecular flexibility index (Phi) is 17.0. The second-order valence-electron chi connectivity index (χ2n) is 37.9.